The van der Waals surface area contributed by atoms with E-state index in [1.54, 1.807) is 6.20 Å². The lowest BCUT2D eigenvalue weighted by molar-refractivity contribution is 0.0606. The molecule has 8 heteroatoms. The minimum absolute atomic E-state index is 0.138. The van der Waals surface area contributed by atoms with Gasteiger partial charge in [0.15, 0.2) is 15.2 Å². The van der Waals surface area contributed by atoms with E-state index in [0.29, 0.717) is 11.0 Å². The van der Waals surface area contributed by atoms with Crippen molar-refractivity contribution in [2.45, 2.75) is 20.4 Å². The van der Waals surface area contributed by atoms with Crippen molar-refractivity contribution >= 4 is 39.7 Å². The number of hydrogen-bond acceptors (Lipinski definition) is 6. The van der Waals surface area contributed by atoms with Crippen LogP contribution in [0.4, 0.5) is 10.8 Å². The molecule has 0 saturated heterocycles. The molecule has 1 N–H and O–H groups in total. The maximum atomic E-state index is 11.4. The van der Waals surface area contributed by atoms with Gasteiger partial charge in [-0.05, 0) is 5.92 Å². The van der Waals surface area contributed by atoms with E-state index < -0.39 is 5.97 Å². The summed E-state index contributed by atoms with van der Waals surface area (Å²) in [5, 5.41) is 7.97. The van der Waals surface area contributed by atoms with Gasteiger partial charge in [-0.2, -0.15) is 5.10 Å². The van der Waals surface area contributed by atoms with Crippen LogP contribution in [0.15, 0.2) is 12.4 Å². The smallest absolute Gasteiger partial charge is 0.351 e. The number of nitrogens with one attached hydrogen (secondary N) is 1. The second-order valence-electron chi connectivity index (χ2n) is 4.60. The minimum atomic E-state index is -0.490. The summed E-state index contributed by atoms with van der Waals surface area (Å²) in [6.07, 6.45) is 3.59. The van der Waals surface area contributed by atoms with Crippen LogP contribution in [-0.2, 0) is 11.3 Å². The second kappa shape index (κ2) is 6.23. The highest BCUT2D eigenvalue weighted by atomic mass is 35.5. The van der Waals surface area contributed by atoms with E-state index >= 15 is 0 Å². The number of carbonyl (C=O) groups excluding carboxylic acids is 1. The molecule has 0 bridgehead atoms. The van der Waals surface area contributed by atoms with Crippen LogP contribution >= 0.6 is 22.9 Å². The van der Waals surface area contributed by atoms with Crippen molar-refractivity contribution in [1.82, 2.24) is 14.8 Å². The van der Waals surface area contributed by atoms with Crippen molar-refractivity contribution in [1.29, 1.82) is 0 Å². The standard InChI is InChI=1S/C12H15ClN4O2S/c1-7(2)5-17-6-8(4-14-17)15-12-16-10(13)9(20-12)11(18)19-3/h4,6-7H,5H2,1-3H3,(H,15,16). The van der Waals surface area contributed by atoms with Crippen LogP contribution in [0.3, 0.4) is 0 Å². The highest BCUT2D eigenvalue weighted by molar-refractivity contribution is 7.18. The third-order valence-corrected chi connectivity index (χ3v) is 3.73. The Labute approximate surface area is 125 Å². The fourth-order valence-electron chi connectivity index (χ4n) is 1.60. The van der Waals surface area contributed by atoms with E-state index in [1.165, 1.54) is 7.11 Å². The lowest BCUT2D eigenvalue weighted by Crippen LogP contribution is -2.04. The Balaban J connectivity index is 2.10. The van der Waals surface area contributed by atoms with Gasteiger partial charge in [0.1, 0.15) is 0 Å². The van der Waals surface area contributed by atoms with Gasteiger partial charge >= 0.3 is 5.97 Å². The molecule has 20 heavy (non-hydrogen) atoms. The Hall–Kier alpha value is -1.60. The normalized spacial score (nSPS) is 10.8. The first-order valence-electron chi connectivity index (χ1n) is 6.03. The minimum Gasteiger partial charge on any atom is -0.465 e. The van der Waals surface area contributed by atoms with Crippen LogP contribution in [-0.4, -0.2) is 27.8 Å². The number of thiazole rings is 1. The van der Waals surface area contributed by atoms with Gasteiger partial charge in [0.25, 0.3) is 0 Å². The number of methoxy groups -OCH3 is 1. The summed E-state index contributed by atoms with van der Waals surface area (Å²) in [5.74, 6) is 0.0269. The van der Waals surface area contributed by atoms with E-state index in [-0.39, 0.29) is 10.0 Å². The maximum absolute atomic E-state index is 11.4. The van der Waals surface area contributed by atoms with E-state index in [2.05, 4.69) is 34.0 Å². The summed E-state index contributed by atoms with van der Waals surface area (Å²) in [5.41, 5.74) is 0.799. The molecule has 0 amide bonds. The zero-order valence-corrected chi connectivity index (χ0v) is 13.0. The number of halogens is 1. The molecule has 0 aromatic carbocycles. The Bertz CT molecular complexity index is 608. The molecule has 6 nitrogen and oxygen atoms in total. The predicted molar refractivity (Wildman–Crippen MR) is 78.8 cm³/mol. The van der Waals surface area contributed by atoms with Crippen molar-refractivity contribution < 1.29 is 9.53 Å². The Kier molecular flexibility index (Phi) is 4.61. The number of anilines is 2. The molecule has 0 spiro atoms. The number of nitrogens with zero attached hydrogens (tertiary/aromatic N) is 3. The largest absolute Gasteiger partial charge is 0.465 e. The quantitative estimate of drug-likeness (QED) is 0.858. The fourth-order valence-corrected chi connectivity index (χ4v) is 2.72. The number of esters is 1. The number of aromatic nitrogens is 3. The van der Waals surface area contributed by atoms with Crippen molar-refractivity contribution in [3.63, 3.8) is 0 Å². The van der Waals surface area contributed by atoms with Gasteiger partial charge in [0.2, 0.25) is 0 Å². The lowest BCUT2D eigenvalue weighted by Gasteiger charge is -2.03. The Morgan fingerprint density at radius 3 is 3.00 bits per heavy atom. The van der Waals surface area contributed by atoms with Crippen LogP contribution in [0.1, 0.15) is 23.5 Å². The van der Waals surface area contributed by atoms with E-state index in [4.69, 9.17) is 11.6 Å². The molecule has 2 rings (SSSR count). The molecule has 0 aliphatic heterocycles. The number of ether oxygens (including phenoxy) is 1. The third-order valence-electron chi connectivity index (χ3n) is 2.39. The van der Waals surface area contributed by atoms with Gasteiger partial charge in [-0.3, -0.25) is 4.68 Å². The lowest BCUT2D eigenvalue weighted by atomic mass is 10.2. The number of hydrogen-bond donors (Lipinski definition) is 1. The molecule has 0 aliphatic rings. The highest BCUT2D eigenvalue weighted by Gasteiger charge is 2.17. The van der Waals surface area contributed by atoms with Crippen LogP contribution in [0.2, 0.25) is 5.15 Å². The predicted octanol–water partition coefficient (Wildman–Crippen LogP) is 3.18. The highest BCUT2D eigenvalue weighted by Crippen LogP contribution is 2.29. The SMILES string of the molecule is COC(=O)c1sc(Nc2cnn(CC(C)C)c2)nc1Cl. The van der Waals surface area contributed by atoms with Crippen molar-refractivity contribution in [3.8, 4) is 0 Å². The molecular formula is C12H15ClN4O2S. The van der Waals surface area contributed by atoms with E-state index in [0.717, 1.165) is 23.6 Å². The molecule has 0 radical (unpaired) electrons. The average Bonchev–Trinajstić information content (AvgIpc) is 2.95. The summed E-state index contributed by atoms with van der Waals surface area (Å²) < 4.78 is 6.48. The van der Waals surface area contributed by atoms with Crippen LogP contribution in [0.5, 0.6) is 0 Å². The monoisotopic (exact) mass is 314 g/mol. The molecule has 108 valence electrons. The topological polar surface area (TPSA) is 69.0 Å². The van der Waals surface area contributed by atoms with Gasteiger partial charge in [-0.1, -0.05) is 36.8 Å². The summed E-state index contributed by atoms with van der Waals surface area (Å²) in [6.45, 7) is 5.09. The molecule has 2 heterocycles. The summed E-state index contributed by atoms with van der Waals surface area (Å²) in [4.78, 5) is 15.8. The first-order chi connectivity index (χ1) is 9.49. The van der Waals surface area contributed by atoms with Gasteiger partial charge in [0.05, 0.1) is 19.0 Å². The zero-order valence-electron chi connectivity index (χ0n) is 11.4. The van der Waals surface area contributed by atoms with E-state index in [1.807, 2.05) is 10.9 Å². The molecule has 0 fully saturated rings. The van der Waals surface area contributed by atoms with Crippen molar-refractivity contribution in [3.05, 3.63) is 22.4 Å². The van der Waals surface area contributed by atoms with Gasteiger partial charge in [-0.25, -0.2) is 9.78 Å². The van der Waals surface area contributed by atoms with E-state index in [9.17, 15) is 4.79 Å². The first-order valence-corrected chi connectivity index (χ1v) is 7.23. The zero-order chi connectivity index (χ0) is 14.7. The summed E-state index contributed by atoms with van der Waals surface area (Å²) in [7, 11) is 1.31. The van der Waals surface area contributed by atoms with Gasteiger partial charge < -0.3 is 10.1 Å². The maximum Gasteiger partial charge on any atom is 0.351 e. The molecular weight excluding hydrogens is 300 g/mol. The summed E-state index contributed by atoms with van der Waals surface area (Å²) >= 11 is 7.04. The van der Waals surface area contributed by atoms with Crippen molar-refractivity contribution in [2.75, 3.05) is 12.4 Å². The summed E-state index contributed by atoms with van der Waals surface area (Å²) in [6, 6.07) is 0. The molecule has 2 aromatic heterocycles. The second-order valence-corrected chi connectivity index (χ2v) is 5.96. The van der Waals surface area contributed by atoms with Crippen LogP contribution in [0.25, 0.3) is 0 Å². The average molecular weight is 315 g/mol. The van der Waals surface area contributed by atoms with Crippen LogP contribution < -0.4 is 5.32 Å². The Morgan fingerprint density at radius 2 is 2.35 bits per heavy atom. The molecule has 0 saturated carbocycles. The molecule has 2 aromatic rings. The van der Waals surface area contributed by atoms with Gasteiger partial charge in [0, 0.05) is 12.7 Å². The molecule has 0 unspecified atom stereocenters. The molecule has 0 atom stereocenters. The number of rotatable bonds is 5. The fraction of sp³-hybridized carbons (Fsp3) is 0.417. The molecule has 0 aliphatic carbocycles. The van der Waals surface area contributed by atoms with Crippen LogP contribution in [0, 0.1) is 5.92 Å². The third kappa shape index (κ3) is 3.49. The number of carbonyl (C=O) groups is 1. The first kappa shape index (κ1) is 14.8. The Morgan fingerprint density at radius 1 is 1.60 bits per heavy atom. The van der Waals surface area contributed by atoms with Crippen molar-refractivity contribution in [2.24, 2.45) is 5.92 Å². The van der Waals surface area contributed by atoms with Gasteiger partial charge in [-0.15, -0.1) is 0 Å².